The highest BCUT2D eigenvalue weighted by atomic mass is 32.1. The molecule has 0 saturated carbocycles. The van der Waals surface area contributed by atoms with Crippen molar-refractivity contribution in [1.82, 2.24) is 9.88 Å². The molecule has 1 saturated heterocycles. The average Bonchev–Trinajstić information content (AvgIpc) is 3.51. The quantitative estimate of drug-likeness (QED) is 0.156. The normalized spacial score (nSPS) is 15.8. The summed E-state index contributed by atoms with van der Waals surface area (Å²) in [5.41, 5.74) is 5.44. The van der Waals surface area contributed by atoms with Crippen LogP contribution in [0.25, 0.3) is 11.1 Å². The Morgan fingerprint density at radius 3 is 2.49 bits per heavy atom. The number of nitrogens with one attached hydrogen (secondary N) is 2. The van der Waals surface area contributed by atoms with Gasteiger partial charge in [-0.2, -0.15) is 0 Å². The van der Waals surface area contributed by atoms with Crippen molar-refractivity contribution in [2.45, 2.75) is 39.5 Å². The number of fused-ring (bicyclic) bond motifs is 1. The summed E-state index contributed by atoms with van der Waals surface area (Å²) >= 11 is 7.00. The smallest absolute Gasteiger partial charge is 0.270 e. The van der Waals surface area contributed by atoms with Crippen LogP contribution in [0.15, 0.2) is 66.2 Å². The van der Waals surface area contributed by atoms with Crippen LogP contribution in [-0.2, 0) is 22.4 Å². The van der Waals surface area contributed by atoms with Gasteiger partial charge in [0, 0.05) is 22.0 Å². The Labute approximate surface area is 259 Å². The van der Waals surface area contributed by atoms with Crippen LogP contribution in [0.2, 0.25) is 0 Å². The zero-order valence-corrected chi connectivity index (χ0v) is 25.7. The predicted molar refractivity (Wildman–Crippen MR) is 173 cm³/mol. The third kappa shape index (κ3) is 5.28. The number of rotatable bonds is 6. The van der Waals surface area contributed by atoms with Gasteiger partial charge in [0.1, 0.15) is 16.3 Å². The number of thiophene rings is 1. The van der Waals surface area contributed by atoms with Crippen molar-refractivity contribution in [2.24, 2.45) is 0 Å². The molecule has 0 unspecified atom stereocenters. The van der Waals surface area contributed by atoms with Gasteiger partial charge >= 0.3 is 0 Å². The minimum Gasteiger partial charge on any atom is -0.497 e. The summed E-state index contributed by atoms with van der Waals surface area (Å²) in [6.45, 7) is 3.90. The van der Waals surface area contributed by atoms with Gasteiger partial charge in [0.05, 0.1) is 18.4 Å². The van der Waals surface area contributed by atoms with Gasteiger partial charge in [-0.3, -0.25) is 24.6 Å². The van der Waals surface area contributed by atoms with E-state index >= 15 is 0 Å². The van der Waals surface area contributed by atoms with Gasteiger partial charge in [-0.15, -0.1) is 11.3 Å². The minimum atomic E-state index is -0.556. The molecular formula is C33H30N4O4S2. The summed E-state index contributed by atoms with van der Waals surface area (Å²) in [6.07, 6.45) is 5.54. The van der Waals surface area contributed by atoms with E-state index in [0.717, 1.165) is 53.3 Å². The first-order chi connectivity index (χ1) is 20.8. The zero-order valence-electron chi connectivity index (χ0n) is 24.0. The Balaban J connectivity index is 1.40. The van der Waals surface area contributed by atoms with Crippen LogP contribution in [0.3, 0.4) is 0 Å². The van der Waals surface area contributed by atoms with Crippen LogP contribution >= 0.6 is 23.6 Å². The molecule has 43 heavy (non-hydrogen) atoms. The molecule has 3 amide bonds. The number of thiocarbonyl (C=S) groups is 1. The monoisotopic (exact) mass is 610 g/mol. The van der Waals surface area contributed by atoms with E-state index in [2.05, 4.69) is 15.2 Å². The van der Waals surface area contributed by atoms with Crippen LogP contribution in [0.5, 0.6) is 5.75 Å². The predicted octanol–water partition coefficient (Wildman–Crippen LogP) is 6.13. The number of nitrogens with zero attached hydrogens (tertiary/aromatic N) is 2. The molecule has 6 rings (SSSR count). The lowest BCUT2D eigenvalue weighted by Gasteiger charge is -2.29. The molecule has 10 heteroatoms. The molecule has 0 radical (unpaired) electrons. The van der Waals surface area contributed by atoms with E-state index in [0.29, 0.717) is 22.6 Å². The van der Waals surface area contributed by atoms with E-state index in [1.54, 1.807) is 48.8 Å². The van der Waals surface area contributed by atoms with E-state index in [1.807, 2.05) is 50.2 Å². The molecule has 1 aliphatic carbocycles. The van der Waals surface area contributed by atoms with Crippen molar-refractivity contribution in [2.75, 3.05) is 17.3 Å². The van der Waals surface area contributed by atoms with E-state index in [4.69, 9.17) is 17.0 Å². The number of para-hydroxylation sites is 1. The topological polar surface area (TPSA) is 92.7 Å². The van der Waals surface area contributed by atoms with Gasteiger partial charge in [-0.1, -0.05) is 18.2 Å². The number of amides is 3. The lowest BCUT2D eigenvalue weighted by atomic mass is 9.95. The van der Waals surface area contributed by atoms with Crippen LogP contribution in [0.4, 0.5) is 11.4 Å². The van der Waals surface area contributed by atoms with Crippen molar-refractivity contribution >= 4 is 63.8 Å². The fourth-order valence-corrected chi connectivity index (χ4v) is 7.46. The summed E-state index contributed by atoms with van der Waals surface area (Å²) in [6, 6.07) is 18.3. The third-order valence-corrected chi connectivity index (χ3v) is 9.38. The number of hydrogen-bond acceptors (Lipinski definition) is 6. The van der Waals surface area contributed by atoms with E-state index in [-0.39, 0.29) is 16.6 Å². The summed E-state index contributed by atoms with van der Waals surface area (Å²) in [7, 11) is 1.56. The van der Waals surface area contributed by atoms with Gasteiger partial charge < -0.3 is 14.6 Å². The number of aryl methyl sites for hydroxylation is 2. The van der Waals surface area contributed by atoms with E-state index in [1.165, 1.54) is 9.78 Å². The summed E-state index contributed by atoms with van der Waals surface area (Å²) in [4.78, 5) is 43.0. The maximum Gasteiger partial charge on any atom is 0.270 e. The molecule has 2 aliphatic rings. The fraction of sp³-hybridized carbons (Fsp3) is 0.212. The largest absolute Gasteiger partial charge is 0.497 e. The van der Waals surface area contributed by atoms with Gasteiger partial charge in [-0.25, -0.2) is 0 Å². The molecule has 4 aromatic rings. The van der Waals surface area contributed by atoms with Gasteiger partial charge in [0.15, 0.2) is 5.11 Å². The Hall–Kier alpha value is -4.54. The van der Waals surface area contributed by atoms with Gasteiger partial charge in [-0.05, 0) is 111 Å². The first kappa shape index (κ1) is 28.6. The van der Waals surface area contributed by atoms with Crippen molar-refractivity contribution < 1.29 is 19.1 Å². The van der Waals surface area contributed by atoms with Crippen molar-refractivity contribution in [3.05, 3.63) is 99.2 Å². The number of ether oxygens (including phenoxy) is 1. The number of hydrogen-bond donors (Lipinski definition) is 2. The molecule has 1 aliphatic heterocycles. The average molecular weight is 611 g/mol. The van der Waals surface area contributed by atoms with Crippen molar-refractivity contribution in [3.63, 3.8) is 0 Å². The molecular weight excluding hydrogens is 581 g/mol. The highest BCUT2D eigenvalue weighted by Crippen LogP contribution is 2.39. The Kier molecular flexibility index (Phi) is 7.72. The second-order valence-corrected chi connectivity index (χ2v) is 12.0. The Bertz CT molecular complexity index is 1800. The van der Waals surface area contributed by atoms with Crippen LogP contribution in [-0.4, -0.2) is 34.5 Å². The second kappa shape index (κ2) is 11.6. The molecule has 0 atom stereocenters. The number of methoxy groups -OCH3 is 1. The number of carbonyl (C=O) groups is 3. The Morgan fingerprint density at radius 2 is 1.77 bits per heavy atom. The second-order valence-electron chi connectivity index (χ2n) is 10.5. The molecule has 2 N–H and O–H groups in total. The number of benzene rings is 2. The molecule has 3 heterocycles. The molecule has 0 spiro atoms. The first-order valence-corrected chi connectivity index (χ1v) is 15.2. The molecule has 2 aromatic heterocycles. The van der Waals surface area contributed by atoms with E-state index in [9.17, 15) is 14.4 Å². The highest BCUT2D eigenvalue weighted by Gasteiger charge is 2.35. The fourth-order valence-electron chi connectivity index (χ4n) is 5.68. The lowest BCUT2D eigenvalue weighted by molar-refractivity contribution is -0.122. The van der Waals surface area contributed by atoms with Crippen LogP contribution < -0.4 is 20.3 Å². The lowest BCUT2D eigenvalue weighted by Crippen LogP contribution is -2.54. The van der Waals surface area contributed by atoms with Gasteiger partial charge in [0.25, 0.3) is 17.7 Å². The molecule has 2 aromatic carbocycles. The van der Waals surface area contributed by atoms with Crippen molar-refractivity contribution in [3.8, 4) is 10.8 Å². The van der Waals surface area contributed by atoms with Crippen molar-refractivity contribution in [1.29, 1.82) is 0 Å². The maximum atomic E-state index is 13.8. The number of aromatic nitrogens is 1. The van der Waals surface area contributed by atoms with E-state index < -0.39 is 11.8 Å². The Morgan fingerprint density at radius 1 is 1.05 bits per heavy atom. The SMILES string of the molecule is COc1ccc(N2C(=O)/C(=C/c3cc(C)n(-c4sc5c(c4C(=O)Nc4ccccc4)CCCC5)c3C)C(=O)NC2=S)cc1. The maximum absolute atomic E-state index is 13.8. The minimum absolute atomic E-state index is 0.0148. The first-order valence-electron chi connectivity index (χ1n) is 14.0. The molecule has 0 bridgehead atoms. The summed E-state index contributed by atoms with van der Waals surface area (Å²) in [5, 5.41) is 6.59. The van der Waals surface area contributed by atoms with Crippen LogP contribution in [0.1, 0.15) is 50.6 Å². The van der Waals surface area contributed by atoms with Gasteiger partial charge in [0.2, 0.25) is 0 Å². The number of carbonyl (C=O) groups excluding carboxylic acids is 3. The molecule has 218 valence electrons. The van der Waals surface area contributed by atoms with Crippen LogP contribution in [0, 0.1) is 13.8 Å². The summed E-state index contributed by atoms with van der Waals surface area (Å²) < 4.78 is 7.29. The summed E-state index contributed by atoms with van der Waals surface area (Å²) in [5.74, 6) is -0.575. The number of anilines is 2. The third-order valence-electron chi connectivity index (χ3n) is 7.82. The molecule has 8 nitrogen and oxygen atoms in total. The highest BCUT2D eigenvalue weighted by molar-refractivity contribution is 7.80. The standard InChI is InChI=1S/C33H30N4O4S2/c1-19-17-21(18-26-29(38)35-33(42)37(31(26)40)23-13-15-24(41-3)16-14-23)20(2)36(19)32-28(25-11-7-8-12-27(25)43-32)30(39)34-22-9-5-4-6-10-22/h4-6,9-10,13-18H,7-8,11-12H2,1-3H3,(H,34,39)(H,35,38,42)/b26-18+. The zero-order chi connectivity index (χ0) is 30.2. The molecule has 1 fully saturated rings.